The van der Waals surface area contributed by atoms with Gasteiger partial charge in [0.2, 0.25) is 0 Å². The molecule has 1 heteroatoms. The van der Waals surface area contributed by atoms with Crippen molar-refractivity contribution in [2.24, 2.45) is 5.92 Å². The molecule has 2 unspecified atom stereocenters. The molecule has 2 atom stereocenters. The zero-order valence-electron chi connectivity index (χ0n) is 11.0. The number of hydrogen-bond acceptors (Lipinski definition) is 1. The highest BCUT2D eigenvalue weighted by molar-refractivity contribution is 5.39. The molecule has 1 saturated heterocycles. The number of hydrogen-bond donors (Lipinski definition) is 1. The van der Waals surface area contributed by atoms with E-state index in [1.807, 2.05) is 0 Å². The fourth-order valence-corrected chi connectivity index (χ4v) is 3.75. The SMILES string of the molecule is CC1(C)CCC(C2CCNC2)c2ccccc21. The molecule has 0 aromatic heterocycles. The fourth-order valence-electron chi connectivity index (χ4n) is 3.75. The molecule has 1 aliphatic heterocycles. The van der Waals surface area contributed by atoms with E-state index in [9.17, 15) is 0 Å². The van der Waals surface area contributed by atoms with Crippen molar-refractivity contribution in [3.63, 3.8) is 0 Å². The quantitative estimate of drug-likeness (QED) is 0.777. The van der Waals surface area contributed by atoms with Gasteiger partial charge in [0, 0.05) is 0 Å². The molecule has 92 valence electrons. The van der Waals surface area contributed by atoms with Crippen molar-refractivity contribution < 1.29 is 0 Å². The molecule has 17 heavy (non-hydrogen) atoms. The maximum absolute atomic E-state index is 3.52. The monoisotopic (exact) mass is 229 g/mol. The van der Waals surface area contributed by atoms with Gasteiger partial charge in [-0.15, -0.1) is 0 Å². The van der Waals surface area contributed by atoms with Crippen LogP contribution in [-0.4, -0.2) is 13.1 Å². The molecule has 0 radical (unpaired) electrons. The standard InChI is InChI=1S/C16H23N/c1-16(2)9-7-13(12-8-10-17-11-12)14-5-3-4-6-15(14)16/h3-6,12-13,17H,7-11H2,1-2H3. The van der Waals surface area contributed by atoms with Crippen molar-refractivity contribution in [1.29, 1.82) is 0 Å². The van der Waals surface area contributed by atoms with Crippen LogP contribution in [0.4, 0.5) is 0 Å². The lowest BCUT2D eigenvalue weighted by molar-refractivity contribution is 0.333. The third kappa shape index (κ3) is 1.91. The molecule has 1 heterocycles. The molecule has 1 aliphatic carbocycles. The summed E-state index contributed by atoms with van der Waals surface area (Å²) in [6.07, 6.45) is 4.07. The van der Waals surface area contributed by atoms with Gasteiger partial charge < -0.3 is 5.32 Å². The third-order valence-electron chi connectivity index (χ3n) is 4.84. The van der Waals surface area contributed by atoms with Gasteiger partial charge >= 0.3 is 0 Å². The molecular formula is C16H23N. The summed E-state index contributed by atoms with van der Waals surface area (Å²) in [5.41, 5.74) is 3.61. The Hall–Kier alpha value is -0.820. The van der Waals surface area contributed by atoms with Crippen molar-refractivity contribution in [2.75, 3.05) is 13.1 Å². The second kappa shape index (κ2) is 4.13. The Labute approximate surface area is 105 Å². The van der Waals surface area contributed by atoms with E-state index in [-0.39, 0.29) is 0 Å². The molecule has 1 N–H and O–H groups in total. The third-order valence-corrected chi connectivity index (χ3v) is 4.84. The number of benzene rings is 1. The van der Waals surface area contributed by atoms with Crippen LogP contribution in [0.2, 0.25) is 0 Å². The second-order valence-corrected chi connectivity index (χ2v) is 6.37. The van der Waals surface area contributed by atoms with Gasteiger partial charge in [-0.1, -0.05) is 38.1 Å². The van der Waals surface area contributed by atoms with E-state index >= 15 is 0 Å². The van der Waals surface area contributed by atoms with E-state index in [0.29, 0.717) is 5.41 Å². The average Bonchev–Trinajstić information content (AvgIpc) is 2.83. The summed E-state index contributed by atoms with van der Waals surface area (Å²) in [5.74, 6) is 1.67. The normalized spacial score (nSPS) is 31.2. The van der Waals surface area contributed by atoms with E-state index in [2.05, 4.69) is 43.4 Å². The Morgan fingerprint density at radius 1 is 1.18 bits per heavy atom. The lowest BCUT2D eigenvalue weighted by Gasteiger charge is -2.39. The van der Waals surface area contributed by atoms with E-state index in [1.165, 1.54) is 32.4 Å². The molecule has 1 aromatic rings. The Kier molecular flexibility index (Phi) is 2.74. The van der Waals surface area contributed by atoms with Gasteiger partial charge in [0.05, 0.1) is 0 Å². The first-order valence-corrected chi connectivity index (χ1v) is 6.98. The van der Waals surface area contributed by atoms with Crippen LogP contribution in [0.25, 0.3) is 0 Å². The minimum atomic E-state index is 0.374. The van der Waals surface area contributed by atoms with Crippen molar-refractivity contribution in [3.8, 4) is 0 Å². The van der Waals surface area contributed by atoms with E-state index < -0.39 is 0 Å². The summed E-state index contributed by atoms with van der Waals surface area (Å²) in [6, 6.07) is 9.15. The average molecular weight is 229 g/mol. The smallest absolute Gasteiger partial charge is 0.00142 e. The molecule has 1 nitrogen and oxygen atoms in total. The summed E-state index contributed by atoms with van der Waals surface area (Å²) >= 11 is 0. The van der Waals surface area contributed by atoms with Crippen LogP contribution in [0.1, 0.15) is 50.2 Å². The van der Waals surface area contributed by atoms with Crippen LogP contribution in [-0.2, 0) is 5.41 Å². The van der Waals surface area contributed by atoms with Crippen molar-refractivity contribution in [3.05, 3.63) is 35.4 Å². The van der Waals surface area contributed by atoms with Gasteiger partial charge in [-0.05, 0) is 60.7 Å². The van der Waals surface area contributed by atoms with Crippen molar-refractivity contribution >= 4 is 0 Å². The number of rotatable bonds is 1. The predicted octanol–water partition coefficient (Wildman–Crippen LogP) is 3.45. The lowest BCUT2D eigenvalue weighted by Crippen LogP contribution is -2.29. The van der Waals surface area contributed by atoms with Crippen molar-refractivity contribution in [2.45, 2.75) is 44.4 Å². The first-order valence-electron chi connectivity index (χ1n) is 6.98. The lowest BCUT2D eigenvalue weighted by atomic mass is 9.65. The predicted molar refractivity (Wildman–Crippen MR) is 72.4 cm³/mol. The maximum Gasteiger partial charge on any atom is -0.00142 e. The Bertz CT molecular complexity index is 402. The van der Waals surface area contributed by atoms with Crippen LogP contribution >= 0.6 is 0 Å². The summed E-state index contributed by atoms with van der Waals surface area (Å²) in [6.45, 7) is 7.23. The highest BCUT2D eigenvalue weighted by Crippen LogP contribution is 2.46. The van der Waals surface area contributed by atoms with Gasteiger partial charge in [-0.2, -0.15) is 0 Å². The van der Waals surface area contributed by atoms with Crippen molar-refractivity contribution in [1.82, 2.24) is 5.32 Å². The molecule has 0 spiro atoms. The van der Waals surface area contributed by atoms with E-state index in [4.69, 9.17) is 0 Å². The van der Waals surface area contributed by atoms with E-state index in [0.717, 1.165) is 11.8 Å². The van der Waals surface area contributed by atoms with E-state index in [1.54, 1.807) is 11.1 Å². The van der Waals surface area contributed by atoms with Crippen LogP contribution < -0.4 is 5.32 Å². The van der Waals surface area contributed by atoms with Gasteiger partial charge in [0.25, 0.3) is 0 Å². The largest absolute Gasteiger partial charge is 0.316 e. The zero-order chi connectivity index (χ0) is 11.9. The topological polar surface area (TPSA) is 12.0 Å². The molecule has 0 bridgehead atoms. The van der Waals surface area contributed by atoms with Gasteiger partial charge in [0.15, 0.2) is 0 Å². The fraction of sp³-hybridized carbons (Fsp3) is 0.625. The highest BCUT2D eigenvalue weighted by atomic mass is 14.9. The molecule has 3 rings (SSSR count). The summed E-state index contributed by atoms with van der Waals surface area (Å²) < 4.78 is 0. The van der Waals surface area contributed by atoms with Crippen LogP contribution in [0.15, 0.2) is 24.3 Å². The maximum atomic E-state index is 3.52. The minimum absolute atomic E-state index is 0.374. The molecule has 1 aromatic carbocycles. The van der Waals surface area contributed by atoms with Crippen LogP contribution in [0, 0.1) is 5.92 Å². The Morgan fingerprint density at radius 3 is 2.76 bits per heavy atom. The van der Waals surface area contributed by atoms with Crippen LogP contribution in [0.5, 0.6) is 0 Å². The van der Waals surface area contributed by atoms with Gasteiger partial charge in [-0.25, -0.2) is 0 Å². The van der Waals surface area contributed by atoms with Crippen LogP contribution in [0.3, 0.4) is 0 Å². The number of nitrogens with one attached hydrogen (secondary N) is 1. The van der Waals surface area contributed by atoms with Gasteiger partial charge in [-0.3, -0.25) is 0 Å². The minimum Gasteiger partial charge on any atom is -0.316 e. The molecule has 0 amide bonds. The molecule has 1 fully saturated rings. The first kappa shape index (κ1) is 11.3. The summed E-state index contributed by atoms with van der Waals surface area (Å²) in [7, 11) is 0. The Morgan fingerprint density at radius 2 is 2.00 bits per heavy atom. The molecular weight excluding hydrogens is 206 g/mol. The summed E-state index contributed by atoms with van der Waals surface area (Å²) in [5, 5.41) is 3.52. The Balaban J connectivity index is 1.99. The second-order valence-electron chi connectivity index (χ2n) is 6.37. The zero-order valence-corrected chi connectivity index (χ0v) is 11.0. The first-order chi connectivity index (χ1) is 8.18. The summed E-state index contributed by atoms with van der Waals surface area (Å²) in [4.78, 5) is 0. The molecule has 2 aliphatic rings. The molecule has 0 saturated carbocycles. The number of fused-ring (bicyclic) bond motifs is 1. The highest BCUT2D eigenvalue weighted by Gasteiger charge is 2.36. The van der Waals surface area contributed by atoms with Gasteiger partial charge in [0.1, 0.15) is 0 Å².